The summed E-state index contributed by atoms with van der Waals surface area (Å²) < 4.78 is 21.9. The van der Waals surface area contributed by atoms with Crippen molar-refractivity contribution in [3.8, 4) is 17.2 Å². The summed E-state index contributed by atoms with van der Waals surface area (Å²) in [6.07, 6.45) is 3.25. The predicted molar refractivity (Wildman–Crippen MR) is 76.6 cm³/mol. The van der Waals surface area contributed by atoms with E-state index in [1.807, 2.05) is 12.1 Å². The van der Waals surface area contributed by atoms with Gasteiger partial charge in [-0.2, -0.15) is 0 Å². The number of hydrogen-bond acceptors (Lipinski definition) is 5. The van der Waals surface area contributed by atoms with Crippen molar-refractivity contribution >= 4 is 0 Å². The smallest absolute Gasteiger partial charge is 0.203 e. The van der Waals surface area contributed by atoms with Crippen molar-refractivity contribution in [2.24, 2.45) is 5.73 Å². The number of ether oxygens (including phenoxy) is 4. The molecule has 0 aromatic heterocycles. The van der Waals surface area contributed by atoms with Crippen molar-refractivity contribution in [2.45, 2.75) is 31.4 Å². The molecule has 1 saturated heterocycles. The van der Waals surface area contributed by atoms with Crippen molar-refractivity contribution in [1.29, 1.82) is 0 Å². The van der Waals surface area contributed by atoms with Crippen molar-refractivity contribution in [3.63, 3.8) is 0 Å². The Morgan fingerprint density at radius 1 is 1.10 bits per heavy atom. The van der Waals surface area contributed by atoms with Crippen LogP contribution in [-0.4, -0.2) is 34.0 Å². The van der Waals surface area contributed by atoms with E-state index in [0.717, 1.165) is 31.4 Å². The minimum absolute atomic E-state index is 0.0238. The van der Waals surface area contributed by atoms with Gasteiger partial charge in [0, 0.05) is 12.2 Å². The van der Waals surface area contributed by atoms with E-state index >= 15 is 0 Å². The van der Waals surface area contributed by atoms with E-state index in [4.69, 9.17) is 24.7 Å². The summed E-state index contributed by atoms with van der Waals surface area (Å²) in [7, 11) is 4.79. The molecule has 1 aromatic rings. The van der Waals surface area contributed by atoms with Gasteiger partial charge in [-0.1, -0.05) is 0 Å². The fourth-order valence-corrected chi connectivity index (χ4v) is 2.64. The molecule has 1 heterocycles. The lowest BCUT2D eigenvalue weighted by Gasteiger charge is -2.29. The summed E-state index contributed by atoms with van der Waals surface area (Å²) in [5.74, 6) is 1.82. The molecule has 1 fully saturated rings. The Labute approximate surface area is 120 Å². The average molecular weight is 281 g/mol. The fraction of sp³-hybridized carbons (Fsp3) is 0.600. The van der Waals surface area contributed by atoms with Gasteiger partial charge < -0.3 is 24.7 Å². The van der Waals surface area contributed by atoms with Gasteiger partial charge in [0.2, 0.25) is 5.75 Å². The van der Waals surface area contributed by atoms with Crippen molar-refractivity contribution in [1.82, 2.24) is 0 Å². The highest BCUT2D eigenvalue weighted by Gasteiger charge is 2.27. The first-order chi connectivity index (χ1) is 9.72. The maximum atomic E-state index is 6.36. The lowest BCUT2D eigenvalue weighted by Crippen LogP contribution is -2.32. The van der Waals surface area contributed by atoms with Crippen LogP contribution in [0.3, 0.4) is 0 Å². The van der Waals surface area contributed by atoms with Crippen LogP contribution in [0.2, 0.25) is 0 Å². The van der Waals surface area contributed by atoms with Crippen LogP contribution in [0.1, 0.15) is 30.9 Å². The van der Waals surface area contributed by atoms with Crippen molar-refractivity contribution < 1.29 is 18.9 Å². The third-order valence-electron chi connectivity index (χ3n) is 3.71. The van der Waals surface area contributed by atoms with Crippen LogP contribution in [0.4, 0.5) is 0 Å². The molecule has 2 rings (SSSR count). The van der Waals surface area contributed by atoms with Crippen molar-refractivity contribution in [3.05, 3.63) is 17.7 Å². The topological polar surface area (TPSA) is 62.9 Å². The molecule has 1 aromatic carbocycles. The molecule has 20 heavy (non-hydrogen) atoms. The Morgan fingerprint density at radius 2 is 1.85 bits per heavy atom. The van der Waals surface area contributed by atoms with Crippen LogP contribution in [0.5, 0.6) is 17.2 Å². The third kappa shape index (κ3) is 2.83. The summed E-state index contributed by atoms with van der Waals surface area (Å²) in [6.45, 7) is 0.772. The largest absolute Gasteiger partial charge is 0.493 e. The van der Waals surface area contributed by atoms with E-state index < -0.39 is 0 Å². The first kappa shape index (κ1) is 14.9. The number of methoxy groups -OCH3 is 3. The second-order valence-corrected chi connectivity index (χ2v) is 4.85. The Morgan fingerprint density at radius 3 is 2.40 bits per heavy atom. The number of rotatable bonds is 5. The zero-order valence-electron chi connectivity index (χ0n) is 12.3. The average Bonchev–Trinajstić information content (AvgIpc) is 2.53. The van der Waals surface area contributed by atoms with E-state index in [1.54, 1.807) is 21.3 Å². The second-order valence-electron chi connectivity index (χ2n) is 4.85. The molecule has 1 aliphatic rings. The summed E-state index contributed by atoms with van der Waals surface area (Å²) >= 11 is 0. The number of nitrogens with two attached hydrogens (primary N) is 1. The molecule has 112 valence electrons. The molecule has 5 nitrogen and oxygen atoms in total. The molecule has 2 unspecified atom stereocenters. The molecule has 0 aliphatic carbocycles. The Balaban J connectivity index is 2.34. The van der Waals surface area contributed by atoms with Crippen LogP contribution >= 0.6 is 0 Å². The zero-order chi connectivity index (χ0) is 14.5. The minimum Gasteiger partial charge on any atom is -0.493 e. The van der Waals surface area contributed by atoms with Crippen LogP contribution in [0.15, 0.2) is 12.1 Å². The molecule has 5 heteroatoms. The molecule has 0 saturated carbocycles. The van der Waals surface area contributed by atoms with Gasteiger partial charge >= 0.3 is 0 Å². The van der Waals surface area contributed by atoms with Gasteiger partial charge in [-0.05, 0) is 31.4 Å². The van der Waals surface area contributed by atoms with Crippen LogP contribution in [0, 0.1) is 0 Å². The zero-order valence-corrected chi connectivity index (χ0v) is 12.3. The third-order valence-corrected chi connectivity index (χ3v) is 3.71. The van der Waals surface area contributed by atoms with E-state index in [9.17, 15) is 0 Å². The normalized spacial score (nSPS) is 20.3. The summed E-state index contributed by atoms with van der Waals surface area (Å²) in [6, 6.07) is 3.53. The van der Waals surface area contributed by atoms with Gasteiger partial charge in [-0.25, -0.2) is 0 Å². The highest BCUT2D eigenvalue weighted by molar-refractivity contribution is 5.56. The van der Waals surface area contributed by atoms with Gasteiger partial charge in [-0.15, -0.1) is 0 Å². The molecule has 2 atom stereocenters. The Bertz CT molecular complexity index is 444. The lowest BCUT2D eigenvalue weighted by atomic mass is 9.95. The van der Waals surface area contributed by atoms with E-state index in [0.29, 0.717) is 17.2 Å². The molecular weight excluding hydrogens is 258 g/mol. The van der Waals surface area contributed by atoms with Gasteiger partial charge in [-0.3, -0.25) is 0 Å². The minimum atomic E-state index is -0.231. The molecule has 0 radical (unpaired) electrons. The number of hydrogen-bond donors (Lipinski definition) is 1. The van der Waals surface area contributed by atoms with E-state index in [1.165, 1.54) is 0 Å². The quantitative estimate of drug-likeness (QED) is 0.897. The summed E-state index contributed by atoms with van der Waals surface area (Å²) in [5.41, 5.74) is 7.25. The number of benzene rings is 1. The molecular formula is C15H23NO4. The molecule has 0 spiro atoms. The lowest BCUT2D eigenvalue weighted by molar-refractivity contribution is -0.000448. The maximum absolute atomic E-state index is 6.36. The van der Waals surface area contributed by atoms with Gasteiger partial charge in [0.05, 0.1) is 33.5 Å². The standard InChI is InChI=1S/C15H23NO4/c1-17-12-8-7-10(14(18-2)15(12)19-3)13(16)11-6-4-5-9-20-11/h7-8,11,13H,4-6,9,16H2,1-3H3. The first-order valence-corrected chi connectivity index (χ1v) is 6.89. The monoisotopic (exact) mass is 281 g/mol. The van der Waals surface area contributed by atoms with Crippen LogP contribution in [0.25, 0.3) is 0 Å². The Hall–Kier alpha value is -1.46. The molecule has 0 bridgehead atoms. The first-order valence-electron chi connectivity index (χ1n) is 6.89. The van der Waals surface area contributed by atoms with Crippen LogP contribution < -0.4 is 19.9 Å². The highest BCUT2D eigenvalue weighted by atomic mass is 16.5. The van der Waals surface area contributed by atoms with E-state index in [-0.39, 0.29) is 12.1 Å². The van der Waals surface area contributed by atoms with Crippen LogP contribution in [-0.2, 0) is 4.74 Å². The predicted octanol–water partition coefficient (Wildman–Crippen LogP) is 2.28. The van der Waals surface area contributed by atoms with Gasteiger partial charge in [0.1, 0.15) is 0 Å². The van der Waals surface area contributed by atoms with E-state index in [2.05, 4.69) is 0 Å². The summed E-state index contributed by atoms with van der Waals surface area (Å²) in [5, 5.41) is 0. The summed E-state index contributed by atoms with van der Waals surface area (Å²) in [4.78, 5) is 0. The second kappa shape index (κ2) is 6.81. The van der Waals surface area contributed by atoms with Gasteiger partial charge in [0.15, 0.2) is 11.5 Å². The molecule has 0 amide bonds. The fourth-order valence-electron chi connectivity index (χ4n) is 2.64. The highest BCUT2D eigenvalue weighted by Crippen LogP contribution is 2.43. The molecule has 2 N–H and O–H groups in total. The van der Waals surface area contributed by atoms with Crippen molar-refractivity contribution in [2.75, 3.05) is 27.9 Å². The van der Waals surface area contributed by atoms with Gasteiger partial charge in [0.25, 0.3) is 0 Å². The maximum Gasteiger partial charge on any atom is 0.203 e. The molecule has 1 aliphatic heterocycles. The SMILES string of the molecule is COc1ccc(C(N)C2CCCCO2)c(OC)c1OC. The Kier molecular flexibility index (Phi) is 5.09.